The molecular formula is C13H19N3O3S. The third-order valence-corrected chi connectivity index (χ3v) is 4.44. The zero-order chi connectivity index (χ0) is 14.8. The SMILES string of the molecule is COC(=O)c1cnc(NC(=O)C2(C)CCCN(C)C2)s1. The summed E-state index contributed by atoms with van der Waals surface area (Å²) in [7, 11) is 3.34. The minimum Gasteiger partial charge on any atom is -0.465 e. The molecule has 1 saturated heterocycles. The van der Waals surface area contributed by atoms with Crippen molar-refractivity contribution in [1.29, 1.82) is 0 Å². The number of esters is 1. The number of rotatable bonds is 3. The van der Waals surface area contributed by atoms with Gasteiger partial charge in [0.25, 0.3) is 0 Å². The maximum Gasteiger partial charge on any atom is 0.349 e. The topological polar surface area (TPSA) is 71.5 Å². The number of ether oxygens (including phenoxy) is 1. The first kappa shape index (κ1) is 14.9. The lowest BCUT2D eigenvalue weighted by atomic mass is 9.81. The van der Waals surface area contributed by atoms with E-state index in [4.69, 9.17) is 0 Å². The molecule has 0 aromatic carbocycles. The molecule has 2 rings (SSSR count). The van der Waals surface area contributed by atoms with Crippen LogP contribution in [0.4, 0.5) is 5.13 Å². The molecule has 0 radical (unpaired) electrons. The average Bonchev–Trinajstić information content (AvgIpc) is 2.86. The molecule has 1 N–H and O–H groups in total. The van der Waals surface area contributed by atoms with Gasteiger partial charge in [-0.1, -0.05) is 11.3 Å². The Morgan fingerprint density at radius 1 is 1.55 bits per heavy atom. The molecule has 1 unspecified atom stereocenters. The molecule has 0 aliphatic carbocycles. The lowest BCUT2D eigenvalue weighted by Gasteiger charge is -2.37. The van der Waals surface area contributed by atoms with E-state index in [9.17, 15) is 9.59 Å². The summed E-state index contributed by atoms with van der Waals surface area (Å²) in [6.07, 6.45) is 3.28. The van der Waals surface area contributed by atoms with Crippen LogP contribution in [0.3, 0.4) is 0 Å². The molecule has 0 saturated carbocycles. The van der Waals surface area contributed by atoms with Gasteiger partial charge in [0.1, 0.15) is 4.88 Å². The lowest BCUT2D eigenvalue weighted by molar-refractivity contribution is -0.127. The Morgan fingerprint density at radius 2 is 2.30 bits per heavy atom. The van der Waals surface area contributed by atoms with Crippen LogP contribution in [-0.4, -0.2) is 49.0 Å². The van der Waals surface area contributed by atoms with Crippen LogP contribution in [0.2, 0.25) is 0 Å². The Balaban J connectivity index is 2.04. The fraction of sp³-hybridized carbons (Fsp3) is 0.615. The normalized spacial score (nSPS) is 23.4. The highest BCUT2D eigenvalue weighted by atomic mass is 32.1. The lowest BCUT2D eigenvalue weighted by Crippen LogP contribution is -2.46. The highest BCUT2D eigenvalue weighted by Crippen LogP contribution is 2.31. The number of anilines is 1. The fourth-order valence-electron chi connectivity index (χ4n) is 2.45. The predicted octanol–water partition coefficient (Wildman–Crippen LogP) is 1.60. The zero-order valence-corrected chi connectivity index (χ0v) is 12.7. The maximum atomic E-state index is 12.4. The number of hydrogen-bond acceptors (Lipinski definition) is 6. The number of carbonyl (C=O) groups excluding carboxylic acids is 2. The van der Waals surface area contributed by atoms with Crippen LogP contribution in [0, 0.1) is 5.41 Å². The molecule has 1 fully saturated rings. The van der Waals surface area contributed by atoms with E-state index in [1.165, 1.54) is 13.3 Å². The molecule has 1 atom stereocenters. The number of piperidine rings is 1. The summed E-state index contributed by atoms with van der Waals surface area (Å²) in [4.78, 5) is 30.3. The second-order valence-electron chi connectivity index (χ2n) is 5.38. The van der Waals surface area contributed by atoms with Crippen LogP contribution in [0.1, 0.15) is 29.4 Å². The molecule has 6 nitrogen and oxygen atoms in total. The molecule has 0 bridgehead atoms. The number of aromatic nitrogens is 1. The summed E-state index contributed by atoms with van der Waals surface area (Å²) in [6, 6.07) is 0. The summed E-state index contributed by atoms with van der Waals surface area (Å²) in [5, 5.41) is 3.24. The molecule has 1 aromatic rings. The predicted molar refractivity (Wildman–Crippen MR) is 76.9 cm³/mol. The summed E-state index contributed by atoms with van der Waals surface area (Å²) in [5.74, 6) is -0.485. The molecule has 110 valence electrons. The Labute approximate surface area is 122 Å². The number of methoxy groups -OCH3 is 1. The molecule has 1 aliphatic rings. The number of amides is 1. The molecular weight excluding hydrogens is 278 g/mol. The van der Waals surface area contributed by atoms with E-state index >= 15 is 0 Å². The molecule has 0 spiro atoms. The molecule has 2 heterocycles. The average molecular weight is 297 g/mol. The third kappa shape index (κ3) is 3.16. The molecule has 1 aliphatic heterocycles. The van der Waals surface area contributed by atoms with E-state index < -0.39 is 11.4 Å². The minimum absolute atomic E-state index is 0.0465. The number of hydrogen-bond donors (Lipinski definition) is 1. The van der Waals surface area contributed by atoms with Crippen molar-refractivity contribution in [2.45, 2.75) is 19.8 Å². The molecule has 1 amide bonds. The smallest absolute Gasteiger partial charge is 0.349 e. The summed E-state index contributed by atoms with van der Waals surface area (Å²) >= 11 is 1.13. The van der Waals surface area contributed by atoms with Gasteiger partial charge in [0, 0.05) is 6.54 Å². The van der Waals surface area contributed by atoms with Crippen molar-refractivity contribution < 1.29 is 14.3 Å². The monoisotopic (exact) mass is 297 g/mol. The van der Waals surface area contributed by atoms with Crippen molar-refractivity contribution in [2.24, 2.45) is 5.41 Å². The maximum absolute atomic E-state index is 12.4. The first-order valence-electron chi connectivity index (χ1n) is 6.49. The van der Waals surface area contributed by atoms with Crippen LogP contribution in [0.5, 0.6) is 0 Å². The third-order valence-electron chi connectivity index (χ3n) is 3.55. The summed E-state index contributed by atoms with van der Waals surface area (Å²) in [6.45, 7) is 3.72. The van der Waals surface area contributed by atoms with Crippen molar-refractivity contribution in [1.82, 2.24) is 9.88 Å². The quantitative estimate of drug-likeness (QED) is 0.858. The Kier molecular flexibility index (Phi) is 4.39. The molecule has 1 aromatic heterocycles. The van der Waals surface area contributed by atoms with E-state index in [0.29, 0.717) is 10.0 Å². The van der Waals surface area contributed by atoms with Gasteiger partial charge in [-0.25, -0.2) is 9.78 Å². The number of nitrogens with zero attached hydrogens (tertiary/aromatic N) is 2. The minimum atomic E-state index is -0.438. The van der Waals surface area contributed by atoms with Gasteiger partial charge in [-0.05, 0) is 33.4 Å². The van der Waals surface area contributed by atoms with Gasteiger partial charge in [0.15, 0.2) is 5.13 Å². The Bertz CT molecular complexity index is 517. The number of nitrogens with one attached hydrogen (secondary N) is 1. The first-order valence-corrected chi connectivity index (χ1v) is 7.30. The van der Waals surface area contributed by atoms with E-state index in [0.717, 1.165) is 37.3 Å². The summed E-state index contributed by atoms with van der Waals surface area (Å²) < 4.78 is 4.62. The fourth-order valence-corrected chi connectivity index (χ4v) is 3.18. The van der Waals surface area contributed by atoms with Gasteiger partial charge in [-0.15, -0.1) is 0 Å². The van der Waals surface area contributed by atoms with Crippen molar-refractivity contribution in [3.8, 4) is 0 Å². The van der Waals surface area contributed by atoms with E-state index in [1.54, 1.807) is 0 Å². The number of thiazole rings is 1. The van der Waals surface area contributed by atoms with Gasteiger partial charge >= 0.3 is 5.97 Å². The van der Waals surface area contributed by atoms with E-state index in [1.807, 2.05) is 14.0 Å². The van der Waals surface area contributed by atoms with Crippen molar-refractivity contribution in [2.75, 3.05) is 32.6 Å². The number of carbonyl (C=O) groups is 2. The number of likely N-dealkylation sites (tertiary alicyclic amines) is 1. The van der Waals surface area contributed by atoms with E-state index in [2.05, 4.69) is 19.9 Å². The summed E-state index contributed by atoms with van der Waals surface area (Å²) in [5.41, 5.74) is -0.413. The molecule has 7 heteroatoms. The van der Waals surface area contributed by atoms with Crippen LogP contribution < -0.4 is 5.32 Å². The van der Waals surface area contributed by atoms with Crippen molar-refractivity contribution in [3.63, 3.8) is 0 Å². The Morgan fingerprint density at radius 3 is 2.95 bits per heavy atom. The van der Waals surface area contributed by atoms with Gasteiger partial charge in [0.05, 0.1) is 18.7 Å². The second kappa shape index (κ2) is 5.88. The van der Waals surface area contributed by atoms with Gasteiger partial charge < -0.3 is 15.0 Å². The largest absolute Gasteiger partial charge is 0.465 e. The van der Waals surface area contributed by atoms with Crippen LogP contribution >= 0.6 is 11.3 Å². The van der Waals surface area contributed by atoms with Crippen molar-refractivity contribution in [3.05, 3.63) is 11.1 Å². The molecule has 20 heavy (non-hydrogen) atoms. The van der Waals surface area contributed by atoms with Gasteiger partial charge in [-0.3, -0.25) is 4.79 Å². The standard InChI is InChI=1S/C13H19N3O3S/c1-13(5-4-6-16(2)8-13)11(18)15-12-14-7-9(20-12)10(17)19-3/h7H,4-6,8H2,1-3H3,(H,14,15,18). The van der Waals surface area contributed by atoms with Gasteiger partial charge in [-0.2, -0.15) is 0 Å². The highest BCUT2D eigenvalue weighted by molar-refractivity contribution is 7.17. The highest BCUT2D eigenvalue weighted by Gasteiger charge is 2.37. The van der Waals surface area contributed by atoms with E-state index in [-0.39, 0.29) is 5.91 Å². The van der Waals surface area contributed by atoms with Crippen molar-refractivity contribution >= 4 is 28.3 Å². The zero-order valence-electron chi connectivity index (χ0n) is 11.9. The Hall–Kier alpha value is -1.47. The van der Waals surface area contributed by atoms with Crippen LogP contribution in [0.25, 0.3) is 0 Å². The second-order valence-corrected chi connectivity index (χ2v) is 6.41. The van der Waals surface area contributed by atoms with Crippen LogP contribution in [-0.2, 0) is 9.53 Å². The van der Waals surface area contributed by atoms with Gasteiger partial charge in [0.2, 0.25) is 5.91 Å². The first-order chi connectivity index (χ1) is 9.44. The van der Waals surface area contributed by atoms with Crippen LogP contribution in [0.15, 0.2) is 6.20 Å².